The number of benzene rings is 1. The monoisotopic (exact) mass is 334 g/mol. The molecule has 0 aliphatic carbocycles. The molecule has 2 aromatic rings. The largest absolute Gasteiger partial charge is 0.416 e. The van der Waals surface area contributed by atoms with Gasteiger partial charge in [0.15, 0.2) is 0 Å². The summed E-state index contributed by atoms with van der Waals surface area (Å²) in [5, 5.41) is 0. The highest BCUT2D eigenvalue weighted by Crippen LogP contribution is 2.32. The zero-order chi connectivity index (χ0) is 18.1. The number of anilines is 2. The molecule has 24 heavy (non-hydrogen) atoms. The van der Waals surface area contributed by atoms with Gasteiger partial charge in [0.05, 0.1) is 22.2 Å². The first-order chi connectivity index (χ1) is 11.0. The van der Waals surface area contributed by atoms with Crippen LogP contribution in [0, 0.1) is 18.8 Å². The molecule has 4 nitrogen and oxygen atoms in total. The van der Waals surface area contributed by atoms with Gasteiger partial charge in [0, 0.05) is 0 Å². The van der Waals surface area contributed by atoms with Gasteiger partial charge in [-0.05, 0) is 32.4 Å². The predicted molar refractivity (Wildman–Crippen MR) is 86.9 cm³/mol. The molecular formula is C17H17F3N4. The van der Waals surface area contributed by atoms with E-state index in [-0.39, 0.29) is 11.8 Å². The van der Waals surface area contributed by atoms with Crippen molar-refractivity contribution in [2.45, 2.75) is 32.4 Å². The second-order valence-corrected chi connectivity index (χ2v) is 5.88. The van der Waals surface area contributed by atoms with Gasteiger partial charge in [-0.25, -0.2) is 4.98 Å². The van der Waals surface area contributed by atoms with Crippen LogP contribution in [0.4, 0.5) is 24.9 Å². The molecule has 2 rings (SSSR count). The van der Waals surface area contributed by atoms with E-state index in [1.807, 2.05) is 0 Å². The molecule has 0 unspecified atom stereocenters. The summed E-state index contributed by atoms with van der Waals surface area (Å²) in [6, 6.07) is 5.11. The summed E-state index contributed by atoms with van der Waals surface area (Å²) in [7, 11) is 0. The highest BCUT2D eigenvalue weighted by Gasteiger charge is 2.31. The highest BCUT2D eigenvalue weighted by molar-refractivity contribution is 5.56. The van der Waals surface area contributed by atoms with E-state index in [9.17, 15) is 13.2 Å². The molecule has 0 amide bonds. The molecule has 0 radical (unpaired) electrons. The summed E-state index contributed by atoms with van der Waals surface area (Å²) in [5.41, 5.74) is 11.2. The van der Waals surface area contributed by atoms with Crippen molar-refractivity contribution in [3.63, 3.8) is 0 Å². The van der Waals surface area contributed by atoms with Crippen LogP contribution in [0.15, 0.2) is 24.3 Å². The topological polar surface area (TPSA) is 77.8 Å². The first-order valence-corrected chi connectivity index (χ1v) is 7.11. The lowest BCUT2D eigenvalue weighted by atomic mass is 9.84. The third kappa shape index (κ3) is 3.77. The Morgan fingerprint density at radius 2 is 1.67 bits per heavy atom. The van der Waals surface area contributed by atoms with E-state index in [0.29, 0.717) is 16.8 Å². The van der Waals surface area contributed by atoms with Crippen molar-refractivity contribution < 1.29 is 13.2 Å². The lowest BCUT2D eigenvalue weighted by molar-refractivity contribution is -0.137. The Bertz CT molecular complexity index is 807. The van der Waals surface area contributed by atoms with Crippen LogP contribution < -0.4 is 11.5 Å². The summed E-state index contributed by atoms with van der Waals surface area (Å²) in [4.78, 5) is 7.84. The molecule has 0 aliphatic heterocycles. The molecule has 0 aliphatic rings. The van der Waals surface area contributed by atoms with Crippen LogP contribution in [-0.2, 0) is 11.6 Å². The Kier molecular flexibility index (Phi) is 4.43. The Labute approximate surface area is 138 Å². The molecule has 7 heteroatoms. The molecule has 0 bridgehead atoms. The van der Waals surface area contributed by atoms with E-state index in [1.165, 1.54) is 6.07 Å². The van der Waals surface area contributed by atoms with E-state index in [0.717, 1.165) is 12.1 Å². The van der Waals surface area contributed by atoms with Crippen LogP contribution in [0.5, 0.6) is 0 Å². The summed E-state index contributed by atoms with van der Waals surface area (Å²) >= 11 is 0. The highest BCUT2D eigenvalue weighted by atomic mass is 19.4. The number of aromatic nitrogens is 2. The number of nitrogens with two attached hydrogens (primary N) is 2. The maximum Gasteiger partial charge on any atom is 0.416 e. The van der Waals surface area contributed by atoms with Crippen LogP contribution >= 0.6 is 0 Å². The summed E-state index contributed by atoms with van der Waals surface area (Å²) in [6.45, 7) is 5.16. The van der Waals surface area contributed by atoms with Gasteiger partial charge in [-0.15, -0.1) is 0 Å². The average molecular weight is 334 g/mol. The van der Waals surface area contributed by atoms with Crippen LogP contribution in [0.2, 0.25) is 0 Å². The van der Waals surface area contributed by atoms with Crippen LogP contribution in [0.25, 0.3) is 0 Å². The zero-order valence-corrected chi connectivity index (χ0v) is 13.5. The summed E-state index contributed by atoms with van der Waals surface area (Å²) < 4.78 is 38.6. The Morgan fingerprint density at radius 3 is 2.25 bits per heavy atom. The fraction of sp³-hybridized carbons (Fsp3) is 0.294. The number of nitrogen functional groups attached to an aromatic ring is 2. The fourth-order valence-corrected chi connectivity index (χ4v) is 2.15. The minimum Gasteiger partial charge on any atom is -0.382 e. The van der Waals surface area contributed by atoms with Gasteiger partial charge < -0.3 is 11.5 Å². The smallest absolute Gasteiger partial charge is 0.382 e. The van der Waals surface area contributed by atoms with Gasteiger partial charge in [-0.2, -0.15) is 18.2 Å². The van der Waals surface area contributed by atoms with Crippen molar-refractivity contribution in [3.05, 3.63) is 46.6 Å². The predicted octanol–water partition coefficient (Wildman–Crippen LogP) is 3.30. The third-order valence-electron chi connectivity index (χ3n) is 3.55. The number of halogens is 3. The molecule has 0 saturated heterocycles. The van der Waals surface area contributed by atoms with E-state index >= 15 is 0 Å². The second kappa shape index (κ2) is 6.04. The van der Waals surface area contributed by atoms with Gasteiger partial charge in [0.1, 0.15) is 5.82 Å². The van der Waals surface area contributed by atoms with Crippen molar-refractivity contribution in [2.75, 3.05) is 11.5 Å². The third-order valence-corrected chi connectivity index (χ3v) is 3.55. The molecule has 0 atom stereocenters. The van der Waals surface area contributed by atoms with Gasteiger partial charge >= 0.3 is 6.18 Å². The number of nitrogens with zero attached hydrogens (tertiary/aromatic N) is 2. The van der Waals surface area contributed by atoms with Crippen molar-refractivity contribution >= 4 is 11.8 Å². The number of aryl methyl sites for hydroxylation is 1. The number of hydrogen-bond donors (Lipinski definition) is 2. The second-order valence-electron chi connectivity index (χ2n) is 5.88. The van der Waals surface area contributed by atoms with E-state index in [4.69, 9.17) is 11.5 Å². The molecule has 1 aromatic heterocycles. The quantitative estimate of drug-likeness (QED) is 0.785. The zero-order valence-electron chi connectivity index (χ0n) is 13.5. The van der Waals surface area contributed by atoms with Crippen molar-refractivity contribution in [1.82, 2.24) is 9.97 Å². The van der Waals surface area contributed by atoms with Gasteiger partial charge in [0.25, 0.3) is 0 Å². The Balaban J connectivity index is 2.44. The van der Waals surface area contributed by atoms with Crippen LogP contribution in [0.3, 0.4) is 0 Å². The molecule has 1 aromatic carbocycles. The van der Waals surface area contributed by atoms with E-state index in [1.54, 1.807) is 26.8 Å². The lowest BCUT2D eigenvalue weighted by Gasteiger charge is -2.20. The van der Waals surface area contributed by atoms with E-state index in [2.05, 4.69) is 21.8 Å². The molecule has 1 heterocycles. The summed E-state index contributed by atoms with van der Waals surface area (Å²) in [6.07, 6.45) is -4.40. The minimum absolute atomic E-state index is 0.0488. The Hall–Kier alpha value is -2.75. The van der Waals surface area contributed by atoms with Gasteiger partial charge in [-0.3, -0.25) is 0 Å². The molecule has 0 saturated carbocycles. The molecule has 0 fully saturated rings. The maximum absolute atomic E-state index is 12.9. The standard InChI is InChI=1S/C17H17F3N4/c1-10-13(14(21)24-15(22)23-10)7-8-16(2,3)11-5-4-6-12(9-11)17(18,19)20/h4-6,9H,1-3H3,(H4,21,22,23,24). The van der Waals surface area contributed by atoms with Crippen molar-refractivity contribution in [2.24, 2.45) is 0 Å². The first-order valence-electron chi connectivity index (χ1n) is 7.11. The van der Waals surface area contributed by atoms with Crippen molar-refractivity contribution in [3.8, 4) is 11.8 Å². The number of rotatable bonds is 1. The first kappa shape index (κ1) is 17.6. The van der Waals surface area contributed by atoms with Crippen LogP contribution in [-0.4, -0.2) is 9.97 Å². The SMILES string of the molecule is Cc1nc(N)nc(N)c1C#CC(C)(C)c1cccc(C(F)(F)F)c1. The lowest BCUT2D eigenvalue weighted by Crippen LogP contribution is -2.16. The maximum atomic E-state index is 12.9. The normalized spacial score (nSPS) is 11.8. The van der Waals surface area contributed by atoms with Gasteiger partial charge in [0.2, 0.25) is 5.95 Å². The molecule has 0 spiro atoms. The fourth-order valence-electron chi connectivity index (χ4n) is 2.15. The summed E-state index contributed by atoms with van der Waals surface area (Å²) in [5.74, 6) is 6.02. The number of alkyl halides is 3. The van der Waals surface area contributed by atoms with Crippen LogP contribution in [0.1, 0.15) is 36.2 Å². The Morgan fingerprint density at radius 1 is 1.04 bits per heavy atom. The molecular weight excluding hydrogens is 317 g/mol. The van der Waals surface area contributed by atoms with E-state index < -0.39 is 17.2 Å². The number of hydrogen-bond acceptors (Lipinski definition) is 4. The molecule has 4 N–H and O–H groups in total. The molecule has 126 valence electrons. The minimum atomic E-state index is -4.40. The van der Waals surface area contributed by atoms with Crippen molar-refractivity contribution in [1.29, 1.82) is 0 Å². The van der Waals surface area contributed by atoms with Gasteiger partial charge in [-0.1, -0.05) is 30.0 Å². The average Bonchev–Trinajstić information content (AvgIpc) is 2.45.